The third-order valence-electron chi connectivity index (χ3n) is 4.18. The Kier molecular flexibility index (Phi) is 4.34. The molecule has 0 unspecified atom stereocenters. The molecule has 0 atom stereocenters. The number of rotatable bonds is 6. The average molecular weight is 323 g/mol. The fourth-order valence-electron chi connectivity index (χ4n) is 2.44. The number of hydrogen-bond acceptors (Lipinski definition) is 4. The summed E-state index contributed by atoms with van der Waals surface area (Å²) in [5.41, 5.74) is 2.38. The summed E-state index contributed by atoms with van der Waals surface area (Å²) in [5.74, 6) is 0.651. The first-order valence-electron chi connectivity index (χ1n) is 7.65. The van der Waals surface area contributed by atoms with Crippen LogP contribution >= 0.6 is 0 Å². The van der Waals surface area contributed by atoms with E-state index in [1.165, 1.54) is 0 Å². The molecule has 0 bridgehead atoms. The summed E-state index contributed by atoms with van der Waals surface area (Å²) in [7, 11) is 0. The van der Waals surface area contributed by atoms with Gasteiger partial charge in [0.05, 0.1) is 24.4 Å². The number of hydrogen-bond donors (Lipinski definition) is 2. The zero-order valence-electron chi connectivity index (χ0n) is 13.0. The highest BCUT2D eigenvalue weighted by molar-refractivity contribution is 5.65. The van der Waals surface area contributed by atoms with Crippen molar-refractivity contribution in [2.24, 2.45) is 5.41 Å². The van der Waals surface area contributed by atoms with Gasteiger partial charge in [-0.1, -0.05) is 12.1 Å². The number of nitriles is 1. The normalized spacial score (nSPS) is 14.5. The lowest BCUT2D eigenvalue weighted by molar-refractivity contribution is 0.184. The molecule has 0 saturated heterocycles. The molecule has 1 aromatic heterocycles. The van der Waals surface area contributed by atoms with Crippen LogP contribution in [0.25, 0.3) is 11.1 Å². The Morgan fingerprint density at radius 1 is 1.29 bits per heavy atom. The molecule has 0 aliphatic heterocycles. The maximum Gasteiger partial charge on any atom is 0.404 e. The summed E-state index contributed by atoms with van der Waals surface area (Å²) in [6.07, 6.45) is 4.29. The first-order valence-corrected chi connectivity index (χ1v) is 7.65. The zero-order chi connectivity index (χ0) is 17.0. The van der Waals surface area contributed by atoms with Crippen molar-refractivity contribution >= 4 is 6.09 Å². The van der Waals surface area contributed by atoms with Gasteiger partial charge in [-0.3, -0.25) is 4.98 Å². The van der Waals surface area contributed by atoms with Gasteiger partial charge in [0, 0.05) is 23.7 Å². The van der Waals surface area contributed by atoms with Crippen molar-refractivity contribution in [2.75, 3.05) is 13.2 Å². The van der Waals surface area contributed by atoms with Gasteiger partial charge < -0.3 is 15.2 Å². The van der Waals surface area contributed by atoms with Crippen LogP contribution in [0, 0.1) is 16.7 Å². The van der Waals surface area contributed by atoms with Crippen molar-refractivity contribution in [1.29, 1.82) is 5.26 Å². The molecule has 1 aromatic carbocycles. The molecule has 2 N–H and O–H groups in total. The molecule has 24 heavy (non-hydrogen) atoms. The zero-order valence-corrected chi connectivity index (χ0v) is 13.0. The smallest absolute Gasteiger partial charge is 0.404 e. The number of nitrogens with zero attached hydrogens (tertiary/aromatic N) is 2. The Balaban J connectivity index is 1.65. The number of aromatic nitrogens is 1. The maximum absolute atomic E-state index is 10.6. The van der Waals surface area contributed by atoms with Crippen molar-refractivity contribution in [2.45, 2.75) is 12.8 Å². The summed E-state index contributed by atoms with van der Waals surface area (Å²) < 4.78 is 5.82. The lowest BCUT2D eigenvalue weighted by Crippen LogP contribution is -2.31. The van der Waals surface area contributed by atoms with E-state index in [9.17, 15) is 4.79 Å². The molecule has 1 aliphatic rings. The van der Waals surface area contributed by atoms with E-state index in [0.717, 1.165) is 24.0 Å². The fourth-order valence-corrected chi connectivity index (χ4v) is 2.44. The molecule has 0 radical (unpaired) electrons. The second kappa shape index (κ2) is 6.59. The second-order valence-electron chi connectivity index (χ2n) is 6.05. The predicted molar refractivity (Wildman–Crippen MR) is 87.6 cm³/mol. The van der Waals surface area contributed by atoms with Crippen LogP contribution in [0.4, 0.5) is 4.79 Å². The van der Waals surface area contributed by atoms with E-state index in [4.69, 9.17) is 15.1 Å². The third kappa shape index (κ3) is 3.82. The molecule has 122 valence electrons. The maximum atomic E-state index is 10.6. The first kappa shape index (κ1) is 15.8. The molecule has 1 saturated carbocycles. The standard InChI is InChI=1S/C18H17N3O3/c19-8-13-1-3-14(4-2-13)15-7-16(10-20-9-15)24-12-18(5-6-18)11-21-17(22)23/h1-4,7,9-10,21H,5-6,11-12H2,(H,22,23). The van der Waals surface area contributed by atoms with Crippen LogP contribution in [0.2, 0.25) is 0 Å². The topological polar surface area (TPSA) is 95.2 Å². The van der Waals surface area contributed by atoms with Gasteiger partial charge in [-0.2, -0.15) is 5.26 Å². The van der Waals surface area contributed by atoms with E-state index in [1.54, 1.807) is 24.5 Å². The molecule has 1 fully saturated rings. The molecule has 1 heterocycles. The molecule has 1 amide bonds. The van der Waals surface area contributed by atoms with Gasteiger partial charge in [-0.25, -0.2) is 4.79 Å². The molecular formula is C18H17N3O3. The Labute approximate surface area is 139 Å². The summed E-state index contributed by atoms with van der Waals surface area (Å²) in [6.45, 7) is 0.872. The van der Waals surface area contributed by atoms with E-state index in [1.807, 2.05) is 18.2 Å². The van der Waals surface area contributed by atoms with E-state index < -0.39 is 6.09 Å². The lowest BCUT2D eigenvalue weighted by atomic mass is 10.1. The van der Waals surface area contributed by atoms with Crippen molar-refractivity contribution < 1.29 is 14.6 Å². The first-order chi connectivity index (χ1) is 11.6. The molecular weight excluding hydrogens is 306 g/mol. The fraction of sp³-hybridized carbons (Fsp3) is 0.278. The van der Waals surface area contributed by atoms with E-state index in [0.29, 0.717) is 24.5 Å². The SMILES string of the molecule is N#Cc1ccc(-c2cncc(OCC3(CNC(=O)O)CC3)c2)cc1. The van der Waals surface area contributed by atoms with Crippen LogP contribution in [-0.4, -0.2) is 29.3 Å². The summed E-state index contributed by atoms with van der Waals surface area (Å²) in [5, 5.41) is 20.0. The Bertz CT molecular complexity index is 777. The molecule has 3 rings (SSSR count). The van der Waals surface area contributed by atoms with Gasteiger partial charge in [0.2, 0.25) is 0 Å². The summed E-state index contributed by atoms with van der Waals surface area (Å²) in [4.78, 5) is 14.8. The minimum Gasteiger partial charge on any atom is -0.491 e. The number of nitrogens with one attached hydrogen (secondary N) is 1. The van der Waals surface area contributed by atoms with Crippen LogP contribution in [0.1, 0.15) is 18.4 Å². The Morgan fingerprint density at radius 2 is 2.04 bits per heavy atom. The predicted octanol–water partition coefficient (Wildman–Crippen LogP) is 3.05. The highest BCUT2D eigenvalue weighted by atomic mass is 16.5. The molecule has 2 aromatic rings. The van der Waals surface area contributed by atoms with E-state index in [-0.39, 0.29) is 5.41 Å². The molecule has 0 spiro atoms. The van der Waals surface area contributed by atoms with E-state index in [2.05, 4.69) is 16.4 Å². The Hall–Kier alpha value is -3.07. The number of amides is 1. The van der Waals surface area contributed by atoms with Crippen LogP contribution in [0.3, 0.4) is 0 Å². The molecule has 6 nitrogen and oxygen atoms in total. The second-order valence-corrected chi connectivity index (χ2v) is 6.05. The highest BCUT2D eigenvalue weighted by Crippen LogP contribution is 2.45. The van der Waals surface area contributed by atoms with Crippen molar-refractivity contribution in [3.8, 4) is 22.9 Å². The van der Waals surface area contributed by atoms with Crippen molar-refractivity contribution in [1.82, 2.24) is 10.3 Å². The van der Waals surface area contributed by atoms with Gasteiger partial charge in [0.15, 0.2) is 0 Å². The minimum atomic E-state index is -1.01. The van der Waals surface area contributed by atoms with Gasteiger partial charge in [0.1, 0.15) is 5.75 Å². The quantitative estimate of drug-likeness (QED) is 0.852. The summed E-state index contributed by atoms with van der Waals surface area (Å²) in [6, 6.07) is 11.3. The lowest BCUT2D eigenvalue weighted by Gasteiger charge is -2.16. The van der Waals surface area contributed by atoms with Gasteiger partial charge in [-0.05, 0) is 36.6 Å². The largest absolute Gasteiger partial charge is 0.491 e. The van der Waals surface area contributed by atoms with Crippen molar-refractivity contribution in [3.63, 3.8) is 0 Å². The van der Waals surface area contributed by atoms with Gasteiger partial charge in [0.25, 0.3) is 0 Å². The number of ether oxygens (including phenoxy) is 1. The Morgan fingerprint density at radius 3 is 2.67 bits per heavy atom. The van der Waals surface area contributed by atoms with Gasteiger partial charge >= 0.3 is 6.09 Å². The molecule has 1 aliphatic carbocycles. The average Bonchev–Trinajstić information content (AvgIpc) is 3.39. The van der Waals surface area contributed by atoms with Crippen LogP contribution in [0.5, 0.6) is 5.75 Å². The molecule has 6 heteroatoms. The third-order valence-corrected chi connectivity index (χ3v) is 4.18. The highest BCUT2D eigenvalue weighted by Gasteiger charge is 2.43. The van der Waals surface area contributed by atoms with Gasteiger partial charge in [-0.15, -0.1) is 0 Å². The number of carbonyl (C=O) groups is 1. The van der Waals surface area contributed by atoms with Crippen LogP contribution < -0.4 is 10.1 Å². The van der Waals surface area contributed by atoms with Crippen LogP contribution in [0.15, 0.2) is 42.7 Å². The number of benzene rings is 1. The number of pyridine rings is 1. The van der Waals surface area contributed by atoms with Crippen LogP contribution in [-0.2, 0) is 0 Å². The summed E-state index contributed by atoms with van der Waals surface area (Å²) >= 11 is 0. The number of carboxylic acid groups (broad SMARTS) is 1. The van der Waals surface area contributed by atoms with Crippen molar-refractivity contribution in [3.05, 3.63) is 48.3 Å². The van der Waals surface area contributed by atoms with E-state index >= 15 is 0 Å². The monoisotopic (exact) mass is 323 g/mol. The minimum absolute atomic E-state index is 0.0944.